The maximum absolute atomic E-state index is 12.6. The molecule has 1 amide bonds. The third-order valence-corrected chi connectivity index (χ3v) is 4.92. The predicted molar refractivity (Wildman–Crippen MR) is 91.0 cm³/mol. The van der Waals surface area contributed by atoms with Gasteiger partial charge in [0.1, 0.15) is 5.76 Å². The minimum Gasteiger partial charge on any atom is -0.481 e. The second-order valence-electron chi connectivity index (χ2n) is 7.05. The van der Waals surface area contributed by atoms with Crippen molar-refractivity contribution in [3.8, 4) is 11.3 Å². The summed E-state index contributed by atoms with van der Waals surface area (Å²) in [5.41, 5.74) is 0.0877. The molecule has 2 aromatic heterocycles. The van der Waals surface area contributed by atoms with E-state index in [1.165, 1.54) is 0 Å². The molecule has 0 unspecified atom stereocenters. The number of nitrogens with one attached hydrogen (secondary N) is 1. The number of hydrogen-bond acceptors (Lipinski definition) is 4. The summed E-state index contributed by atoms with van der Waals surface area (Å²) in [7, 11) is 1.81. The van der Waals surface area contributed by atoms with Crippen LogP contribution in [0.4, 0.5) is 0 Å². The first-order valence-corrected chi connectivity index (χ1v) is 8.50. The van der Waals surface area contributed by atoms with E-state index in [0.717, 1.165) is 18.4 Å². The highest BCUT2D eigenvalue weighted by Crippen LogP contribution is 2.35. The van der Waals surface area contributed by atoms with E-state index in [1.54, 1.807) is 36.3 Å². The van der Waals surface area contributed by atoms with Gasteiger partial charge in [0, 0.05) is 13.2 Å². The van der Waals surface area contributed by atoms with Crippen molar-refractivity contribution in [3.63, 3.8) is 0 Å². The number of furan rings is 1. The van der Waals surface area contributed by atoms with Gasteiger partial charge >= 0.3 is 5.97 Å². The van der Waals surface area contributed by atoms with Crippen LogP contribution in [0.3, 0.4) is 0 Å². The number of carbonyl (C=O) groups is 2. The molecule has 25 heavy (non-hydrogen) atoms. The number of rotatable bonds is 5. The number of nitrogens with zero attached hydrogens (tertiary/aromatic N) is 2. The van der Waals surface area contributed by atoms with E-state index < -0.39 is 11.5 Å². The highest BCUT2D eigenvalue weighted by Gasteiger charge is 2.38. The molecule has 0 radical (unpaired) electrons. The van der Waals surface area contributed by atoms with Crippen molar-refractivity contribution in [1.82, 2.24) is 15.1 Å². The van der Waals surface area contributed by atoms with E-state index in [4.69, 9.17) is 4.42 Å². The standard InChI is InChI=1S/C18H23N3O4/c1-12-5-7-18(8-6-12,9-16(22)23)20-17(24)15-4-3-14(25-15)13-10-19-21(2)11-13/h3-4,10-12H,5-9H2,1-2H3,(H,20,24)(H,22,23). The Kier molecular flexibility index (Phi) is 4.65. The van der Waals surface area contributed by atoms with Gasteiger partial charge in [-0.1, -0.05) is 6.92 Å². The minimum absolute atomic E-state index is 0.0678. The minimum atomic E-state index is -0.898. The van der Waals surface area contributed by atoms with Crippen molar-refractivity contribution in [1.29, 1.82) is 0 Å². The van der Waals surface area contributed by atoms with Crippen molar-refractivity contribution in [2.75, 3.05) is 0 Å². The topological polar surface area (TPSA) is 97.4 Å². The van der Waals surface area contributed by atoms with E-state index in [2.05, 4.69) is 17.3 Å². The summed E-state index contributed by atoms with van der Waals surface area (Å²) >= 11 is 0. The van der Waals surface area contributed by atoms with E-state index in [0.29, 0.717) is 24.5 Å². The van der Waals surface area contributed by atoms with Gasteiger partial charge in [0.2, 0.25) is 0 Å². The molecule has 0 bridgehead atoms. The molecule has 0 spiro atoms. The van der Waals surface area contributed by atoms with Gasteiger partial charge in [-0.05, 0) is 43.7 Å². The molecule has 134 valence electrons. The molecule has 2 aromatic rings. The zero-order chi connectivity index (χ0) is 18.0. The highest BCUT2D eigenvalue weighted by atomic mass is 16.4. The van der Waals surface area contributed by atoms with Crippen LogP contribution in [-0.4, -0.2) is 32.3 Å². The molecule has 7 nitrogen and oxygen atoms in total. The van der Waals surface area contributed by atoms with Gasteiger partial charge in [0.05, 0.1) is 23.7 Å². The van der Waals surface area contributed by atoms with Crippen molar-refractivity contribution in [2.45, 2.75) is 44.6 Å². The first kappa shape index (κ1) is 17.3. The quantitative estimate of drug-likeness (QED) is 0.868. The summed E-state index contributed by atoms with van der Waals surface area (Å²) in [5, 5.41) is 16.3. The smallest absolute Gasteiger partial charge is 0.305 e. The first-order chi connectivity index (χ1) is 11.9. The van der Waals surface area contributed by atoms with Crippen LogP contribution in [-0.2, 0) is 11.8 Å². The predicted octanol–water partition coefficient (Wildman–Crippen LogP) is 2.83. The third kappa shape index (κ3) is 3.92. The Morgan fingerprint density at radius 1 is 1.40 bits per heavy atom. The Bertz CT molecular complexity index is 769. The van der Waals surface area contributed by atoms with Crippen LogP contribution >= 0.6 is 0 Å². The lowest BCUT2D eigenvalue weighted by Crippen LogP contribution is -2.51. The molecular weight excluding hydrogens is 322 g/mol. The molecule has 1 aliphatic carbocycles. The molecule has 1 saturated carbocycles. The maximum atomic E-state index is 12.6. The first-order valence-electron chi connectivity index (χ1n) is 8.50. The monoisotopic (exact) mass is 345 g/mol. The molecule has 0 saturated heterocycles. The summed E-state index contributed by atoms with van der Waals surface area (Å²) < 4.78 is 7.30. The summed E-state index contributed by atoms with van der Waals surface area (Å²) in [4.78, 5) is 23.9. The van der Waals surface area contributed by atoms with Gasteiger partial charge in [-0.15, -0.1) is 0 Å². The largest absolute Gasteiger partial charge is 0.481 e. The lowest BCUT2D eigenvalue weighted by atomic mass is 9.75. The number of amides is 1. The zero-order valence-electron chi connectivity index (χ0n) is 14.5. The van der Waals surface area contributed by atoms with Gasteiger partial charge in [-0.2, -0.15) is 5.10 Å². The number of aromatic nitrogens is 2. The number of hydrogen-bond donors (Lipinski definition) is 2. The molecule has 1 fully saturated rings. The van der Waals surface area contributed by atoms with Crippen LogP contribution in [0.25, 0.3) is 11.3 Å². The van der Waals surface area contributed by atoms with Crippen molar-refractivity contribution in [3.05, 3.63) is 30.3 Å². The molecule has 2 heterocycles. The average molecular weight is 345 g/mol. The van der Waals surface area contributed by atoms with Crippen molar-refractivity contribution >= 4 is 11.9 Å². The number of carbonyl (C=O) groups excluding carboxylic acids is 1. The molecule has 7 heteroatoms. The normalized spacial score (nSPS) is 23.4. The SMILES string of the molecule is CC1CCC(CC(=O)O)(NC(=O)c2ccc(-c3cnn(C)c3)o2)CC1. The summed E-state index contributed by atoms with van der Waals surface area (Å²) in [6.07, 6.45) is 6.55. The van der Waals surface area contributed by atoms with Gasteiger partial charge < -0.3 is 14.8 Å². The fraction of sp³-hybridized carbons (Fsp3) is 0.500. The highest BCUT2D eigenvalue weighted by molar-refractivity contribution is 5.93. The second-order valence-corrected chi connectivity index (χ2v) is 7.05. The Labute approximate surface area is 146 Å². The van der Waals surface area contributed by atoms with E-state index in [1.807, 2.05) is 0 Å². The molecule has 0 aliphatic heterocycles. The van der Waals surface area contributed by atoms with Crippen LogP contribution in [0.1, 0.15) is 49.6 Å². The summed E-state index contributed by atoms with van der Waals surface area (Å²) in [5.74, 6) is 0.0287. The lowest BCUT2D eigenvalue weighted by Gasteiger charge is -2.39. The Morgan fingerprint density at radius 3 is 2.72 bits per heavy atom. The fourth-order valence-electron chi connectivity index (χ4n) is 3.42. The van der Waals surface area contributed by atoms with Gasteiger partial charge in [-0.25, -0.2) is 0 Å². The average Bonchev–Trinajstić information content (AvgIpc) is 3.18. The van der Waals surface area contributed by atoms with Crippen molar-refractivity contribution in [2.24, 2.45) is 13.0 Å². The van der Waals surface area contributed by atoms with Crippen LogP contribution in [0.5, 0.6) is 0 Å². The van der Waals surface area contributed by atoms with E-state index >= 15 is 0 Å². The van der Waals surface area contributed by atoms with Crippen molar-refractivity contribution < 1.29 is 19.1 Å². The Morgan fingerprint density at radius 2 is 2.12 bits per heavy atom. The van der Waals surface area contributed by atoms with E-state index in [-0.39, 0.29) is 18.1 Å². The number of aliphatic carboxylic acids is 1. The lowest BCUT2D eigenvalue weighted by molar-refractivity contribution is -0.139. The van der Waals surface area contributed by atoms with Crippen LogP contribution in [0.2, 0.25) is 0 Å². The van der Waals surface area contributed by atoms with Gasteiger partial charge in [0.15, 0.2) is 5.76 Å². The van der Waals surface area contributed by atoms with Gasteiger partial charge in [-0.3, -0.25) is 14.3 Å². The molecule has 0 atom stereocenters. The number of aryl methyl sites for hydroxylation is 1. The Balaban J connectivity index is 1.75. The number of carboxylic acid groups (broad SMARTS) is 1. The molecule has 2 N–H and O–H groups in total. The van der Waals surface area contributed by atoms with E-state index in [9.17, 15) is 14.7 Å². The van der Waals surface area contributed by atoms with Crippen LogP contribution < -0.4 is 5.32 Å². The maximum Gasteiger partial charge on any atom is 0.305 e. The summed E-state index contributed by atoms with van der Waals surface area (Å²) in [6.45, 7) is 2.15. The number of carboxylic acids is 1. The third-order valence-electron chi connectivity index (χ3n) is 4.92. The molecule has 3 rings (SSSR count). The second kappa shape index (κ2) is 6.74. The zero-order valence-corrected chi connectivity index (χ0v) is 14.5. The molecule has 0 aromatic carbocycles. The molecule has 1 aliphatic rings. The van der Waals surface area contributed by atoms with Gasteiger partial charge in [0.25, 0.3) is 5.91 Å². The molecular formula is C18H23N3O4. The van der Waals surface area contributed by atoms with Crippen LogP contribution in [0.15, 0.2) is 28.9 Å². The fourth-order valence-corrected chi connectivity index (χ4v) is 3.42. The summed E-state index contributed by atoms with van der Waals surface area (Å²) in [6, 6.07) is 3.33. The Hall–Kier alpha value is -2.57. The van der Waals surface area contributed by atoms with Crippen LogP contribution in [0, 0.1) is 5.92 Å².